The van der Waals surface area contributed by atoms with E-state index in [0.717, 1.165) is 28.8 Å². The molecule has 0 bridgehead atoms. The van der Waals surface area contributed by atoms with E-state index in [1.54, 1.807) is 6.07 Å². The summed E-state index contributed by atoms with van der Waals surface area (Å²) in [6.07, 6.45) is 0.759. The lowest BCUT2D eigenvalue weighted by Gasteiger charge is -2.07. The Labute approximate surface area is 131 Å². The van der Waals surface area contributed by atoms with Crippen molar-refractivity contribution < 1.29 is 9.18 Å². The van der Waals surface area contributed by atoms with Crippen molar-refractivity contribution in [1.82, 2.24) is 15.1 Å². The normalized spacial score (nSPS) is 10.7. The molecule has 6 heteroatoms. The van der Waals surface area contributed by atoms with E-state index in [9.17, 15) is 9.18 Å². The molecule has 0 atom stereocenters. The zero-order valence-corrected chi connectivity index (χ0v) is 13.6. The third-order valence-corrected chi connectivity index (χ3v) is 4.36. The van der Waals surface area contributed by atoms with Crippen LogP contribution in [0.4, 0.5) is 4.39 Å². The minimum Gasteiger partial charge on any atom is -0.352 e. The minimum absolute atomic E-state index is 0.260. The summed E-state index contributed by atoms with van der Waals surface area (Å²) in [7, 11) is 0. The third kappa shape index (κ3) is 3.91. The molecule has 0 aliphatic heterocycles. The van der Waals surface area contributed by atoms with Crippen LogP contribution in [0.5, 0.6) is 0 Å². The molecular formula is C15H17BrFN3O. The number of rotatable bonds is 5. The third-order valence-electron chi connectivity index (χ3n) is 3.21. The molecule has 2 rings (SSSR count). The van der Waals surface area contributed by atoms with E-state index in [1.165, 1.54) is 18.2 Å². The summed E-state index contributed by atoms with van der Waals surface area (Å²) in [5, 5.41) is 7.18. The van der Waals surface area contributed by atoms with Crippen molar-refractivity contribution in [2.45, 2.75) is 26.8 Å². The topological polar surface area (TPSA) is 46.9 Å². The molecule has 0 saturated carbocycles. The maximum Gasteiger partial charge on any atom is 0.251 e. The maximum atomic E-state index is 13.0. The Balaban J connectivity index is 1.82. The van der Waals surface area contributed by atoms with Gasteiger partial charge in [0.25, 0.3) is 5.91 Å². The molecule has 0 aliphatic rings. The van der Waals surface area contributed by atoms with E-state index in [4.69, 9.17) is 0 Å². The van der Waals surface area contributed by atoms with Crippen LogP contribution in [0.1, 0.15) is 28.2 Å². The number of nitrogens with one attached hydrogen (secondary N) is 1. The first-order chi connectivity index (χ1) is 9.99. The van der Waals surface area contributed by atoms with Gasteiger partial charge >= 0.3 is 0 Å². The number of amides is 1. The van der Waals surface area contributed by atoms with E-state index in [1.807, 2.05) is 18.5 Å². The predicted octanol–water partition coefficient (Wildman–Crippen LogP) is 3.22. The number of aryl methyl sites for hydroxylation is 2. The summed E-state index contributed by atoms with van der Waals surface area (Å²) < 4.78 is 16.0. The zero-order valence-electron chi connectivity index (χ0n) is 12.0. The molecule has 21 heavy (non-hydrogen) atoms. The Hall–Kier alpha value is -1.69. The van der Waals surface area contributed by atoms with E-state index in [2.05, 4.69) is 26.3 Å². The molecule has 2 aromatic rings. The van der Waals surface area contributed by atoms with Gasteiger partial charge in [-0.1, -0.05) is 6.07 Å². The molecule has 1 N–H and O–H groups in total. The summed E-state index contributed by atoms with van der Waals surface area (Å²) in [5.74, 6) is -0.667. The summed E-state index contributed by atoms with van der Waals surface area (Å²) in [5.41, 5.74) is 2.36. The number of aromatic nitrogens is 2. The highest BCUT2D eigenvalue weighted by atomic mass is 79.9. The predicted molar refractivity (Wildman–Crippen MR) is 82.8 cm³/mol. The van der Waals surface area contributed by atoms with Gasteiger partial charge in [0.2, 0.25) is 0 Å². The maximum absolute atomic E-state index is 13.0. The molecule has 4 nitrogen and oxygen atoms in total. The molecule has 1 aromatic heterocycles. The van der Waals surface area contributed by atoms with E-state index in [-0.39, 0.29) is 5.91 Å². The molecule has 0 radical (unpaired) electrons. The molecule has 112 valence electrons. The summed E-state index contributed by atoms with van der Waals surface area (Å²) in [4.78, 5) is 11.8. The molecule has 0 aliphatic carbocycles. The van der Waals surface area contributed by atoms with E-state index < -0.39 is 5.82 Å². The van der Waals surface area contributed by atoms with Crippen LogP contribution in [-0.2, 0) is 6.54 Å². The highest BCUT2D eigenvalue weighted by Crippen LogP contribution is 2.19. The molecule has 1 amide bonds. The smallest absolute Gasteiger partial charge is 0.251 e. The quantitative estimate of drug-likeness (QED) is 0.838. The van der Waals surface area contributed by atoms with Crippen molar-refractivity contribution in [3.8, 4) is 0 Å². The first-order valence-corrected chi connectivity index (χ1v) is 7.51. The number of hydrogen-bond donors (Lipinski definition) is 1. The second-order valence-electron chi connectivity index (χ2n) is 4.83. The molecule has 1 heterocycles. The largest absolute Gasteiger partial charge is 0.352 e. The number of benzene rings is 1. The Morgan fingerprint density at radius 3 is 2.81 bits per heavy atom. The van der Waals surface area contributed by atoms with Crippen molar-refractivity contribution in [2.24, 2.45) is 0 Å². The lowest BCUT2D eigenvalue weighted by molar-refractivity contribution is 0.0952. The lowest BCUT2D eigenvalue weighted by atomic mass is 10.2. The average molecular weight is 354 g/mol. The van der Waals surface area contributed by atoms with Crippen LogP contribution >= 0.6 is 15.9 Å². The van der Waals surface area contributed by atoms with Crippen LogP contribution in [0.2, 0.25) is 0 Å². The van der Waals surface area contributed by atoms with Crippen molar-refractivity contribution in [2.75, 3.05) is 6.54 Å². The van der Waals surface area contributed by atoms with Gasteiger partial charge in [-0.2, -0.15) is 5.10 Å². The van der Waals surface area contributed by atoms with E-state index in [0.29, 0.717) is 12.1 Å². The molecule has 0 saturated heterocycles. The van der Waals surface area contributed by atoms with Gasteiger partial charge in [-0.05, 0) is 54.4 Å². The highest BCUT2D eigenvalue weighted by molar-refractivity contribution is 9.10. The van der Waals surface area contributed by atoms with Gasteiger partial charge in [-0.25, -0.2) is 4.39 Å². The van der Waals surface area contributed by atoms with Crippen molar-refractivity contribution in [3.05, 3.63) is 51.5 Å². The van der Waals surface area contributed by atoms with Crippen molar-refractivity contribution >= 4 is 21.8 Å². The van der Waals surface area contributed by atoms with Crippen LogP contribution in [0.25, 0.3) is 0 Å². The minimum atomic E-state index is -0.407. The Morgan fingerprint density at radius 2 is 2.19 bits per heavy atom. The zero-order chi connectivity index (χ0) is 15.4. The summed E-state index contributed by atoms with van der Waals surface area (Å²) >= 11 is 3.48. The second kappa shape index (κ2) is 6.85. The Bertz CT molecular complexity index is 654. The number of carbonyl (C=O) groups is 1. The van der Waals surface area contributed by atoms with Gasteiger partial charge < -0.3 is 5.32 Å². The second-order valence-corrected chi connectivity index (χ2v) is 5.62. The van der Waals surface area contributed by atoms with Gasteiger partial charge in [-0.15, -0.1) is 0 Å². The first kappa shape index (κ1) is 15.7. The Kier molecular flexibility index (Phi) is 5.12. The van der Waals surface area contributed by atoms with Crippen molar-refractivity contribution in [3.63, 3.8) is 0 Å². The Morgan fingerprint density at radius 1 is 1.43 bits per heavy atom. The fraction of sp³-hybridized carbons (Fsp3) is 0.333. The van der Waals surface area contributed by atoms with E-state index >= 15 is 0 Å². The van der Waals surface area contributed by atoms with Gasteiger partial charge in [0.15, 0.2) is 0 Å². The molecule has 0 unspecified atom stereocenters. The van der Waals surface area contributed by atoms with Gasteiger partial charge in [0.1, 0.15) is 5.82 Å². The van der Waals surface area contributed by atoms with Crippen LogP contribution in [0, 0.1) is 19.7 Å². The van der Waals surface area contributed by atoms with Crippen LogP contribution < -0.4 is 5.32 Å². The standard InChI is InChI=1S/C15H17BrFN3O/c1-10-14(16)11(2)20(19-10)8-4-7-18-15(21)12-5-3-6-13(17)9-12/h3,5-6,9H,4,7-8H2,1-2H3,(H,18,21). The monoisotopic (exact) mass is 353 g/mol. The number of nitrogens with zero attached hydrogens (tertiary/aromatic N) is 2. The van der Waals surface area contributed by atoms with Crippen LogP contribution in [0.3, 0.4) is 0 Å². The fourth-order valence-electron chi connectivity index (χ4n) is 2.06. The molecular weight excluding hydrogens is 337 g/mol. The summed E-state index contributed by atoms with van der Waals surface area (Å²) in [6, 6.07) is 5.67. The van der Waals surface area contributed by atoms with Crippen LogP contribution in [-0.4, -0.2) is 22.2 Å². The van der Waals surface area contributed by atoms with Gasteiger partial charge in [-0.3, -0.25) is 9.48 Å². The SMILES string of the molecule is Cc1nn(CCCNC(=O)c2cccc(F)c2)c(C)c1Br. The number of halogens is 2. The van der Waals surface area contributed by atoms with Crippen LogP contribution in [0.15, 0.2) is 28.7 Å². The number of hydrogen-bond acceptors (Lipinski definition) is 2. The van der Waals surface area contributed by atoms with Gasteiger partial charge in [0.05, 0.1) is 10.2 Å². The van der Waals surface area contributed by atoms with Crippen molar-refractivity contribution in [1.29, 1.82) is 0 Å². The average Bonchev–Trinajstić information content (AvgIpc) is 2.71. The first-order valence-electron chi connectivity index (χ1n) is 6.72. The molecule has 0 fully saturated rings. The number of carbonyl (C=O) groups excluding carboxylic acids is 1. The fourth-order valence-corrected chi connectivity index (χ4v) is 2.34. The van der Waals surface area contributed by atoms with Gasteiger partial charge in [0, 0.05) is 24.3 Å². The highest BCUT2D eigenvalue weighted by Gasteiger charge is 2.09. The molecule has 0 spiro atoms. The summed E-state index contributed by atoms with van der Waals surface area (Å²) in [6.45, 7) is 5.18. The lowest BCUT2D eigenvalue weighted by Crippen LogP contribution is -2.25. The molecule has 1 aromatic carbocycles.